The van der Waals surface area contributed by atoms with Crippen molar-refractivity contribution >= 4 is 23.9 Å². The Morgan fingerprint density at radius 3 is 2.71 bits per heavy atom. The van der Waals surface area contributed by atoms with Gasteiger partial charge in [-0.25, -0.2) is 9.67 Å². The monoisotopic (exact) mass is 438 g/mol. The number of methoxy groups -OCH3 is 1. The number of pyridine rings is 1. The van der Waals surface area contributed by atoms with E-state index in [0.717, 1.165) is 42.9 Å². The van der Waals surface area contributed by atoms with Crippen molar-refractivity contribution < 1.29 is 9.53 Å². The number of rotatable bonds is 6. The van der Waals surface area contributed by atoms with Crippen LogP contribution in [0.25, 0.3) is 5.69 Å². The highest BCUT2D eigenvalue weighted by atomic mass is 32.1. The molecule has 1 aliphatic rings. The Hall–Kier alpha value is -3.04. The van der Waals surface area contributed by atoms with E-state index in [1.807, 2.05) is 47.9 Å². The average Bonchev–Trinajstić information content (AvgIpc) is 3.15. The van der Waals surface area contributed by atoms with E-state index in [2.05, 4.69) is 20.3 Å². The van der Waals surface area contributed by atoms with Crippen molar-refractivity contribution in [1.82, 2.24) is 24.2 Å². The molecule has 0 atom stereocenters. The first-order chi connectivity index (χ1) is 15.0. The summed E-state index contributed by atoms with van der Waals surface area (Å²) in [4.78, 5) is 19.1. The van der Waals surface area contributed by atoms with Crippen LogP contribution < -0.4 is 10.1 Å². The Balaban J connectivity index is 1.35. The van der Waals surface area contributed by atoms with Gasteiger partial charge in [0, 0.05) is 25.2 Å². The van der Waals surface area contributed by atoms with Gasteiger partial charge in [0.15, 0.2) is 0 Å². The normalized spacial score (nSPS) is 15.0. The molecule has 0 unspecified atom stereocenters. The maximum Gasteiger partial charge on any atom is 0.228 e. The van der Waals surface area contributed by atoms with E-state index in [4.69, 9.17) is 17.0 Å². The molecule has 0 aliphatic carbocycles. The molecule has 0 radical (unpaired) electrons. The molecule has 31 heavy (non-hydrogen) atoms. The molecule has 3 heterocycles. The fourth-order valence-electron chi connectivity index (χ4n) is 3.72. The lowest BCUT2D eigenvalue weighted by atomic mass is 9.96. The van der Waals surface area contributed by atoms with Crippen LogP contribution in [0.15, 0.2) is 48.9 Å². The number of aryl methyl sites for hydroxylation is 1. The molecule has 0 saturated carbocycles. The maximum atomic E-state index is 12.6. The van der Waals surface area contributed by atoms with Crippen LogP contribution in [0, 0.1) is 17.6 Å². The lowest BCUT2D eigenvalue weighted by Gasteiger charge is -2.30. The SMILES string of the molecule is COc1ccccc1-n1cnn(CN2CCC(C(=O)Nc3ccc(C)cn3)CC2)c1=S. The minimum atomic E-state index is -0.0153. The second-order valence-electron chi connectivity index (χ2n) is 7.70. The zero-order chi connectivity index (χ0) is 21.8. The Labute approximate surface area is 186 Å². The van der Waals surface area contributed by atoms with Crippen molar-refractivity contribution in [2.75, 3.05) is 25.5 Å². The number of anilines is 1. The molecule has 4 rings (SSSR count). The van der Waals surface area contributed by atoms with Gasteiger partial charge < -0.3 is 10.1 Å². The second-order valence-corrected chi connectivity index (χ2v) is 8.06. The first kappa shape index (κ1) is 21.2. The quantitative estimate of drug-likeness (QED) is 0.594. The molecule has 162 valence electrons. The number of aromatic nitrogens is 4. The molecule has 1 aromatic carbocycles. The first-order valence-corrected chi connectivity index (χ1v) is 10.7. The molecule has 1 N–H and O–H groups in total. The molecule has 0 spiro atoms. The van der Waals surface area contributed by atoms with Crippen LogP contribution in [-0.2, 0) is 11.5 Å². The number of hydrogen-bond acceptors (Lipinski definition) is 6. The van der Waals surface area contributed by atoms with Crippen LogP contribution in [0.4, 0.5) is 5.82 Å². The van der Waals surface area contributed by atoms with Gasteiger partial charge in [-0.15, -0.1) is 0 Å². The first-order valence-electron chi connectivity index (χ1n) is 10.3. The van der Waals surface area contributed by atoms with Gasteiger partial charge in [-0.1, -0.05) is 18.2 Å². The van der Waals surface area contributed by atoms with Crippen LogP contribution in [-0.4, -0.2) is 50.3 Å². The Morgan fingerprint density at radius 1 is 1.23 bits per heavy atom. The second kappa shape index (κ2) is 9.40. The zero-order valence-corrected chi connectivity index (χ0v) is 18.5. The van der Waals surface area contributed by atoms with Gasteiger partial charge in [0.25, 0.3) is 0 Å². The lowest BCUT2D eigenvalue weighted by molar-refractivity contribution is -0.121. The number of carbonyl (C=O) groups excluding carboxylic acids is 1. The summed E-state index contributed by atoms with van der Waals surface area (Å²) in [6.07, 6.45) is 5.05. The van der Waals surface area contributed by atoms with E-state index in [0.29, 0.717) is 17.3 Å². The maximum absolute atomic E-state index is 12.6. The number of para-hydroxylation sites is 2. The molecule has 9 heteroatoms. The highest BCUT2D eigenvalue weighted by molar-refractivity contribution is 7.71. The summed E-state index contributed by atoms with van der Waals surface area (Å²) >= 11 is 5.64. The lowest BCUT2D eigenvalue weighted by Crippen LogP contribution is -2.39. The summed E-state index contributed by atoms with van der Waals surface area (Å²) in [6, 6.07) is 11.5. The molecule has 1 aliphatic heterocycles. The summed E-state index contributed by atoms with van der Waals surface area (Å²) in [5, 5.41) is 7.40. The van der Waals surface area contributed by atoms with Crippen LogP contribution in [0.1, 0.15) is 18.4 Å². The van der Waals surface area contributed by atoms with Gasteiger partial charge in [-0.2, -0.15) is 5.10 Å². The fourth-order valence-corrected chi connectivity index (χ4v) is 3.97. The van der Waals surface area contributed by atoms with Crippen molar-refractivity contribution in [3.63, 3.8) is 0 Å². The van der Waals surface area contributed by atoms with Crippen molar-refractivity contribution in [3.05, 3.63) is 59.3 Å². The number of ether oxygens (including phenoxy) is 1. The number of likely N-dealkylation sites (tertiary alicyclic amines) is 1. The van der Waals surface area contributed by atoms with Crippen LogP contribution >= 0.6 is 12.2 Å². The van der Waals surface area contributed by atoms with Gasteiger partial charge in [-0.05, 0) is 55.7 Å². The van der Waals surface area contributed by atoms with Gasteiger partial charge >= 0.3 is 0 Å². The number of carbonyl (C=O) groups is 1. The predicted octanol–water partition coefficient (Wildman–Crippen LogP) is 3.42. The molecule has 3 aromatic rings. The highest BCUT2D eigenvalue weighted by Gasteiger charge is 2.25. The number of hydrogen-bond donors (Lipinski definition) is 1. The van der Waals surface area contributed by atoms with Crippen LogP contribution in [0.5, 0.6) is 5.75 Å². The number of piperidine rings is 1. The minimum Gasteiger partial charge on any atom is -0.495 e. The van der Waals surface area contributed by atoms with Gasteiger partial charge in [0.1, 0.15) is 17.9 Å². The van der Waals surface area contributed by atoms with Gasteiger partial charge in [0.05, 0.1) is 19.5 Å². The Bertz CT molecular complexity index is 1100. The summed E-state index contributed by atoms with van der Waals surface area (Å²) in [7, 11) is 1.64. The summed E-state index contributed by atoms with van der Waals surface area (Å²) in [5.74, 6) is 1.37. The van der Waals surface area contributed by atoms with E-state index < -0.39 is 0 Å². The summed E-state index contributed by atoms with van der Waals surface area (Å²) in [6.45, 7) is 4.18. The van der Waals surface area contributed by atoms with E-state index in [1.54, 1.807) is 24.3 Å². The van der Waals surface area contributed by atoms with E-state index >= 15 is 0 Å². The number of amides is 1. The molecule has 8 nitrogen and oxygen atoms in total. The van der Waals surface area contributed by atoms with Gasteiger partial charge in [-0.3, -0.25) is 14.3 Å². The number of nitrogens with one attached hydrogen (secondary N) is 1. The molecule has 0 bridgehead atoms. The van der Waals surface area contributed by atoms with Crippen molar-refractivity contribution in [2.45, 2.75) is 26.4 Å². The molecule has 1 amide bonds. The van der Waals surface area contributed by atoms with E-state index in [1.165, 1.54) is 0 Å². The van der Waals surface area contributed by atoms with E-state index in [9.17, 15) is 4.79 Å². The van der Waals surface area contributed by atoms with Crippen LogP contribution in [0.3, 0.4) is 0 Å². The third-order valence-electron chi connectivity index (χ3n) is 5.53. The fraction of sp³-hybridized carbons (Fsp3) is 0.364. The number of benzene rings is 1. The van der Waals surface area contributed by atoms with E-state index in [-0.39, 0.29) is 11.8 Å². The summed E-state index contributed by atoms with van der Waals surface area (Å²) < 4.78 is 9.70. The molecule has 2 aromatic heterocycles. The average molecular weight is 439 g/mol. The molecular formula is C22H26N6O2S. The standard InChI is InChI=1S/C22H26N6O2S/c1-16-7-8-20(23-13-16)25-21(29)17-9-11-26(12-10-17)15-28-22(31)27(14-24-28)18-5-3-4-6-19(18)30-2/h3-8,13-14,17H,9-12,15H2,1-2H3,(H,23,25,29). The molecular weight excluding hydrogens is 412 g/mol. The Kier molecular flexibility index (Phi) is 6.43. The third-order valence-corrected chi connectivity index (χ3v) is 5.94. The third kappa shape index (κ3) is 4.83. The van der Waals surface area contributed by atoms with Crippen molar-refractivity contribution in [3.8, 4) is 11.4 Å². The topological polar surface area (TPSA) is 77.2 Å². The zero-order valence-electron chi connectivity index (χ0n) is 17.7. The molecule has 1 fully saturated rings. The minimum absolute atomic E-state index is 0.0153. The highest BCUT2D eigenvalue weighted by Crippen LogP contribution is 2.23. The number of nitrogens with zero attached hydrogens (tertiary/aromatic N) is 5. The van der Waals surface area contributed by atoms with Gasteiger partial charge in [0.2, 0.25) is 10.7 Å². The Morgan fingerprint density at radius 2 is 2.00 bits per heavy atom. The largest absolute Gasteiger partial charge is 0.495 e. The predicted molar refractivity (Wildman–Crippen MR) is 121 cm³/mol. The smallest absolute Gasteiger partial charge is 0.228 e. The summed E-state index contributed by atoms with van der Waals surface area (Å²) in [5.41, 5.74) is 1.93. The van der Waals surface area contributed by atoms with Crippen LogP contribution in [0.2, 0.25) is 0 Å². The molecule has 1 saturated heterocycles. The van der Waals surface area contributed by atoms with Crippen molar-refractivity contribution in [2.24, 2.45) is 5.92 Å². The van der Waals surface area contributed by atoms with Crippen molar-refractivity contribution in [1.29, 1.82) is 0 Å².